The van der Waals surface area contributed by atoms with Crippen LogP contribution < -0.4 is 10.6 Å². The van der Waals surface area contributed by atoms with Crippen molar-refractivity contribution in [2.45, 2.75) is 13.0 Å². The van der Waals surface area contributed by atoms with Gasteiger partial charge in [-0.1, -0.05) is 47.5 Å². The predicted octanol–water partition coefficient (Wildman–Crippen LogP) is 5.17. The summed E-state index contributed by atoms with van der Waals surface area (Å²) in [5.74, 6) is -0.619. The van der Waals surface area contributed by atoms with Gasteiger partial charge in [0, 0.05) is 18.8 Å². The molecule has 1 heterocycles. The molecule has 0 spiro atoms. The smallest absolute Gasteiger partial charge is 0.242 e. The minimum atomic E-state index is -0.619. The van der Waals surface area contributed by atoms with Crippen LogP contribution in [0.4, 0.5) is 0 Å². The highest BCUT2D eigenvalue weighted by molar-refractivity contribution is 14.1. The van der Waals surface area contributed by atoms with Crippen LogP contribution in [0.25, 0.3) is 11.4 Å². The van der Waals surface area contributed by atoms with Crippen LogP contribution in [0.15, 0.2) is 77.9 Å². The molecule has 0 fully saturated rings. The van der Waals surface area contributed by atoms with Crippen LogP contribution >= 0.6 is 45.8 Å². The molecule has 3 aromatic rings. The number of hydrogen-bond donors (Lipinski definition) is 0. The van der Waals surface area contributed by atoms with Crippen molar-refractivity contribution >= 4 is 69.3 Å². The topological polar surface area (TPSA) is 49.7 Å². The number of carbonyl (C=O) groups is 2. The summed E-state index contributed by atoms with van der Waals surface area (Å²) < 4.78 is 0.932. The molecule has 1 atom stereocenters. The van der Waals surface area contributed by atoms with Gasteiger partial charge in [0.2, 0.25) is 5.78 Å². The van der Waals surface area contributed by atoms with Crippen molar-refractivity contribution in [3.63, 3.8) is 0 Å². The van der Waals surface area contributed by atoms with E-state index in [0.717, 1.165) is 14.7 Å². The first-order chi connectivity index (χ1) is 15.4. The third-order valence-electron chi connectivity index (χ3n) is 5.26. The third-order valence-corrected chi connectivity index (χ3v) is 6.44. The largest absolute Gasteiger partial charge is 0.329 e. The fraction of sp³-hybridized carbons (Fsp3) is 0.0800. The monoisotopic (exact) mass is 574 g/mol. The lowest BCUT2D eigenvalue weighted by Crippen LogP contribution is -2.38. The summed E-state index contributed by atoms with van der Waals surface area (Å²) in [6, 6.07) is 20.1. The lowest BCUT2D eigenvalue weighted by atomic mass is 10.0. The van der Waals surface area contributed by atoms with Gasteiger partial charge in [0.15, 0.2) is 6.29 Å². The van der Waals surface area contributed by atoms with E-state index < -0.39 is 5.78 Å². The van der Waals surface area contributed by atoms with Gasteiger partial charge in [-0.3, -0.25) is 14.6 Å². The molecule has 0 amide bonds. The van der Waals surface area contributed by atoms with Crippen molar-refractivity contribution in [3.8, 4) is 0 Å². The van der Waals surface area contributed by atoms with Crippen LogP contribution in [-0.2, 0) is 9.59 Å². The molecule has 0 radical (unpaired) electrons. The van der Waals surface area contributed by atoms with E-state index >= 15 is 0 Å². The lowest BCUT2D eigenvalue weighted by Gasteiger charge is -2.34. The number of Topliss-reactive ketones (excluding diaryl/α,β-unsaturated/α-hetero) is 1. The van der Waals surface area contributed by atoms with Crippen LogP contribution in [0, 0.1) is 3.57 Å². The Morgan fingerprint density at radius 1 is 1.00 bits per heavy atom. The first-order valence-corrected chi connectivity index (χ1v) is 11.6. The van der Waals surface area contributed by atoms with E-state index in [1.807, 2.05) is 54.3 Å². The summed E-state index contributed by atoms with van der Waals surface area (Å²) in [5.41, 5.74) is 2.70. The van der Waals surface area contributed by atoms with Crippen molar-refractivity contribution in [1.82, 2.24) is 4.90 Å². The maximum atomic E-state index is 13.1. The van der Waals surface area contributed by atoms with Crippen LogP contribution in [0.5, 0.6) is 0 Å². The number of rotatable bonds is 5. The Kier molecular flexibility index (Phi) is 6.79. The fourth-order valence-electron chi connectivity index (χ4n) is 3.69. The zero-order valence-corrected chi connectivity index (χ0v) is 20.6. The molecule has 4 rings (SSSR count). The third kappa shape index (κ3) is 4.51. The molecule has 0 aliphatic carbocycles. The maximum Gasteiger partial charge on any atom is 0.242 e. The number of benzene rings is 3. The summed E-state index contributed by atoms with van der Waals surface area (Å²) in [6.07, 6.45) is 2.08. The van der Waals surface area contributed by atoms with Crippen molar-refractivity contribution in [2.75, 3.05) is 0 Å². The first-order valence-electron chi connectivity index (χ1n) is 9.77. The summed E-state index contributed by atoms with van der Waals surface area (Å²) >= 11 is 14.4. The van der Waals surface area contributed by atoms with Gasteiger partial charge in [0.05, 0.1) is 23.3 Å². The Labute approximate surface area is 209 Å². The van der Waals surface area contributed by atoms with Crippen LogP contribution in [0.3, 0.4) is 0 Å². The highest BCUT2D eigenvalue weighted by atomic mass is 127. The molecule has 1 aliphatic rings. The van der Waals surface area contributed by atoms with E-state index in [4.69, 9.17) is 23.2 Å². The molecule has 3 aromatic carbocycles. The van der Waals surface area contributed by atoms with Gasteiger partial charge in [-0.05, 0) is 83.1 Å². The van der Waals surface area contributed by atoms with Gasteiger partial charge in [-0.2, -0.15) is 0 Å². The number of hydrogen-bond acceptors (Lipinski definition) is 4. The van der Waals surface area contributed by atoms with Gasteiger partial charge < -0.3 is 4.90 Å². The summed E-state index contributed by atoms with van der Waals surface area (Å²) in [4.78, 5) is 31.4. The van der Waals surface area contributed by atoms with Crippen LogP contribution in [0.1, 0.15) is 24.1 Å². The van der Waals surface area contributed by atoms with E-state index in [2.05, 4.69) is 27.6 Å². The quantitative estimate of drug-likeness (QED) is 0.240. The van der Waals surface area contributed by atoms with Gasteiger partial charge in [-0.25, -0.2) is 0 Å². The average molecular weight is 575 g/mol. The van der Waals surface area contributed by atoms with Crippen molar-refractivity contribution in [3.05, 3.63) is 108 Å². The van der Waals surface area contributed by atoms with Crippen molar-refractivity contribution in [1.29, 1.82) is 0 Å². The summed E-state index contributed by atoms with van der Waals surface area (Å²) in [6.45, 7) is 1.98. The maximum absolute atomic E-state index is 13.1. The Balaban J connectivity index is 2.04. The van der Waals surface area contributed by atoms with Gasteiger partial charge in [0.25, 0.3) is 0 Å². The average Bonchev–Trinajstić information content (AvgIpc) is 2.96. The number of ketones is 1. The second-order valence-electron chi connectivity index (χ2n) is 7.24. The SMILES string of the molecule is C[C@H](c1ccc(Cl)cc1)N1C(c2ccc(Cl)cc2)=CN=c2ccc(I)cc2=C1C(=O)C=O. The van der Waals surface area contributed by atoms with Gasteiger partial charge in [-0.15, -0.1) is 0 Å². The zero-order chi connectivity index (χ0) is 22.8. The minimum Gasteiger partial charge on any atom is -0.329 e. The van der Waals surface area contributed by atoms with E-state index in [0.29, 0.717) is 32.6 Å². The highest BCUT2D eigenvalue weighted by Gasteiger charge is 2.29. The van der Waals surface area contributed by atoms with E-state index in [-0.39, 0.29) is 11.7 Å². The molecule has 7 heteroatoms. The molecule has 0 N–H and O–H groups in total. The zero-order valence-electron chi connectivity index (χ0n) is 16.9. The molecule has 0 saturated heterocycles. The molecule has 0 aromatic heterocycles. The summed E-state index contributed by atoms with van der Waals surface area (Å²) in [7, 11) is 0. The van der Waals surface area contributed by atoms with E-state index in [1.165, 1.54) is 0 Å². The van der Waals surface area contributed by atoms with Crippen LogP contribution in [0.2, 0.25) is 10.0 Å². The molecule has 1 aliphatic heterocycles. The molecule has 0 saturated carbocycles. The molecule has 0 unspecified atom stereocenters. The fourth-order valence-corrected chi connectivity index (χ4v) is 4.43. The Morgan fingerprint density at radius 3 is 2.25 bits per heavy atom. The Bertz CT molecular complexity index is 1350. The second-order valence-corrected chi connectivity index (χ2v) is 9.36. The highest BCUT2D eigenvalue weighted by Crippen LogP contribution is 2.35. The molecular formula is C25H17Cl2IN2O2. The lowest BCUT2D eigenvalue weighted by molar-refractivity contribution is -0.126. The molecule has 4 nitrogen and oxygen atoms in total. The number of nitrogens with zero attached hydrogens (tertiary/aromatic N) is 2. The Hall–Kier alpha value is -2.48. The van der Waals surface area contributed by atoms with E-state index in [1.54, 1.807) is 30.5 Å². The van der Waals surface area contributed by atoms with Crippen molar-refractivity contribution in [2.24, 2.45) is 4.99 Å². The first kappa shape index (κ1) is 22.7. The number of carbonyl (C=O) groups excluding carboxylic acids is 2. The van der Waals surface area contributed by atoms with E-state index in [9.17, 15) is 9.59 Å². The molecule has 32 heavy (non-hydrogen) atoms. The minimum absolute atomic E-state index is 0.276. The normalized spacial score (nSPS) is 14.1. The predicted molar refractivity (Wildman–Crippen MR) is 136 cm³/mol. The van der Waals surface area contributed by atoms with Crippen LogP contribution in [-0.4, -0.2) is 17.0 Å². The van der Waals surface area contributed by atoms with Crippen molar-refractivity contribution < 1.29 is 9.59 Å². The molecular weight excluding hydrogens is 558 g/mol. The standard InChI is InChI=1S/C25H17Cl2IN2O2/c1-15(16-2-6-18(26)7-3-16)30-23(17-4-8-19(27)9-5-17)13-29-22-11-10-20(28)12-21(22)25(30)24(32)14-31/h2-15H,1H3/t15-/m1/s1. The van der Waals surface area contributed by atoms with Gasteiger partial charge in [0.1, 0.15) is 5.70 Å². The number of aldehydes is 1. The Morgan fingerprint density at radius 2 is 1.62 bits per heavy atom. The van der Waals surface area contributed by atoms with Gasteiger partial charge >= 0.3 is 0 Å². The number of halogens is 3. The second kappa shape index (κ2) is 9.57. The molecule has 0 bridgehead atoms. The molecule has 160 valence electrons. The summed E-state index contributed by atoms with van der Waals surface area (Å²) in [5, 5.41) is 2.44. The number of fused-ring (bicyclic) bond motifs is 1.